The van der Waals surface area contributed by atoms with Crippen LogP contribution >= 0.6 is 0 Å². The van der Waals surface area contributed by atoms with Gasteiger partial charge in [0.1, 0.15) is 0 Å². The molecule has 0 N–H and O–H groups in total. The standard InChI is InChI=1S/Ag.Pd.Pt.Rh.Sr.2H. The molecule has 0 nitrogen and oxygen atoms in total. The predicted octanol–water partition coefficient (Wildman–Crippen LogP) is -0.926. The molecule has 44 valence electrons. The third-order valence-corrected chi connectivity index (χ3v) is 0. The molecular formula is H2AgPdPtRhSr. The Morgan fingerprint density at radius 2 is 1.00 bits per heavy atom. The van der Waals surface area contributed by atoms with Crippen LogP contribution in [0.5, 0.6) is 0 Å². The monoisotopic (exact) mass is 601 g/mol. The normalized spacial score (nSPS) is 0. The summed E-state index contributed by atoms with van der Waals surface area (Å²) in [6.07, 6.45) is 0. The van der Waals surface area contributed by atoms with Crippen molar-refractivity contribution in [1.29, 1.82) is 0 Å². The summed E-state index contributed by atoms with van der Waals surface area (Å²) in [6.45, 7) is 0. The molecule has 0 aliphatic carbocycles. The summed E-state index contributed by atoms with van der Waals surface area (Å²) in [5.74, 6) is 0. The van der Waals surface area contributed by atoms with E-state index in [0.717, 1.165) is 0 Å². The fraction of sp³-hybridized carbons (Fsp3) is 0. The molecule has 0 aromatic rings. The van der Waals surface area contributed by atoms with Crippen LogP contribution in [0.4, 0.5) is 0 Å². The SMILES string of the molecule is [Ag].[Pd].[Pt].[Rh].[SrH2]. The Hall–Kier alpha value is 4.19. The van der Waals surface area contributed by atoms with Crippen LogP contribution in [0.2, 0.25) is 0 Å². The molecule has 2 radical (unpaired) electrons. The van der Waals surface area contributed by atoms with E-state index in [9.17, 15) is 0 Å². The molecule has 0 atom stereocenters. The van der Waals surface area contributed by atoms with Gasteiger partial charge in [-0.05, 0) is 0 Å². The van der Waals surface area contributed by atoms with E-state index < -0.39 is 0 Å². The van der Waals surface area contributed by atoms with Gasteiger partial charge in [-0.25, -0.2) is 0 Å². The Kier molecular flexibility index (Phi) is 169. The van der Waals surface area contributed by atoms with E-state index in [1.165, 1.54) is 0 Å². The summed E-state index contributed by atoms with van der Waals surface area (Å²) < 4.78 is 0. The van der Waals surface area contributed by atoms with Gasteiger partial charge in [-0.15, -0.1) is 0 Å². The van der Waals surface area contributed by atoms with Crippen molar-refractivity contribution >= 4 is 45.5 Å². The fourth-order valence-electron chi connectivity index (χ4n) is 0. The molecule has 0 aliphatic heterocycles. The van der Waals surface area contributed by atoms with Gasteiger partial charge >= 0.3 is 45.5 Å². The molecular weight excluding hydrogens is 600 g/mol. The van der Waals surface area contributed by atoms with Gasteiger partial charge in [-0.3, -0.25) is 0 Å². The summed E-state index contributed by atoms with van der Waals surface area (Å²) in [7, 11) is 0. The molecule has 0 saturated heterocycles. The molecule has 0 heterocycles. The van der Waals surface area contributed by atoms with Crippen molar-refractivity contribution in [3.8, 4) is 0 Å². The van der Waals surface area contributed by atoms with Crippen molar-refractivity contribution in [3.05, 3.63) is 0 Å². The van der Waals surface area contributed by atoms with E-state index in [-0.39, 0.29) is 129 Å². The molecule has 0 bridgehead atoms. The Morgan fingerprint density at radius 1 is 1.00 bits per heavy atom. The first-order chi connectivity index (χ1) is 0. The zero-order chi connectivity index (χ0) is 0. The van der Waals surface area contributed by atoms with E-state index >= 15 is 0 Å². The topological polar surface area (TPSA) is 0 Å². The van der Waals surface area contributed by atoms with Crippen molar-refractivity contribution in [2.75, 3.05) is 0 Å². The van der Waals surface area contributed by atoms with E-state index in [4.69, 9.17) is 0 Å². The summed E-state index contributed by atoms with van der Waals surface area (Å²) in [4.78, 5) is 0. The van der Waals surface area contributed by atoms with Crippen LogP contribution in [-0.2, 0) is 83.3 Å². The maximum atomic E-state index is 0. The average molecular weight is 602 g/mol. The molecule has 0 unspecified atom stereocenters. The molecule has 0 aliphatic rings. The second kappa shape index (κ2) is 24.1. The summed E-state index contributed by atoms with van der Waals surface area (Å²) >= 11 is 0. The van der Waals surface area contributed by atoms with E-state index in [2.05, 4.69) is 0 Å². The summed E-state index contributed by atoms with van der Waals surface area (Å²) in [5, 5.41) is 0. The predicted molar refractivity (Wildman–Crippen MR) is 8.54 cm³/mol. The molecule has 0 fully saturated rings. The van der Waals surface area contributed by atoms with Crippen molar-refractivity contribution < 1.29 is 83.3 Å². The van der Waals surface area contributed by atoms with Crippen LogP contribution in [0.15, 0.2) is 0 Å². The van der Waals surface area contributed by atoms with Crippen molar-refractivity contribution in [1.82, 2.24) is 0 Å². The number of rotatable bonds is 0. The van der Waals surface area contributed by atoms with Gasteiger partial charge in [0.05, 0.1) is 0 Å². The van der Waals surface area contributed by atoms with Crippen molar-refractivity contribution in [2.24, 2.45) is 0 Å². The van der Waals surface area contributed by atoms with Crippen LogP contribution in [0.1, 0.15) is 0 Å². The Bertz CT molecular complexity index is 11.6. The third-order valence-electron chi connectivity index (χ3n) is 0. The first kappa shape index (κ1) is 35.1. The van der Waals surface area contributed by atoms with Crippen LogP contribution in [0.3, 0.4) is 0 Å². The quantitative estimate of drug-likeness (QED) is 0.315. The van der Waals surface area contributed by atoms with Gasteiger partial charge < -0.3 is 0 Å². The van der Waals surface area contributed by atoms with Gasteiger partial charge in [0.25, 0.3) is 0 Å². The summed E-state index contributed by atoms with van der Waals surface area (Å²) in [5.41, 5.74) is 0. The van der Waals surface area contributed by atoms with E-state index in [1.807, 2.05) is 0 Å². The maximum absolute atomic E-state index is 0. The van der Waals surface area contributed by atoms with Crippen molar-refractivity contribution in [3.63, 3.8) is 0 Å². The van der Waals surface area contributed by atoms with Gasteiger partial charge in [-0.1, -0.05) is 0 Å². The second-order valence-corrected chi connectivity index (χ2v) is 0. The second-order valence-electron chi connectivity index (χ2n) is 0. The molecule has 0 saturated carbocycles. The molecule has 0 aromatic carbocycles. The van der Waals surface area contributed by atoms with Gasteiger partial charge in [0.2, 0.25) is 0 Å². The first-order valence-corrected chi connectivity index (χ1v) is 0. The number of hydrogen-bond acceptors (Lipinski definition) is 0. The van der Waals surface area contributed by atoms with Gasteiger partial charge in [0.15, 0.2) is 0 Å². The average Bonchev–Trinajstić information content (AvgIpc) is 0. The molecule has 0 spiro atoms. The Balaban J connectivity index is 0. The zero-order valence-electron chi connectivity index (χ0n) is 1.27. The number of hydrogen-bond donors (Lipinski definition) is 0. The molecule has 0 amide bonds. The Labute approximate surface area is 125 Å². The van der Waals surface area contributed by atoms with Crippen LogP contribution in [0.25, 0.3) is 0 Å². The minimum atomic E-state index is 0. The van der Waals surface area contributed by atoms with Crippen LogP contribution in [0, 0.1) is 0 Å². The first-order valence-electron chi connectivity index (χ1n) is 0. The fourth-order valence-corrected chi connectivity index (χ4v) is 0. The molecule has 5 heavy (non-hydrogen) atoms. The summed E-state index contributed by atoms with van der Waals surface area (Å²) in [6, 6.07) is 0. The molecule has 0 rings (SSSR count). The van der Waals surface area contributed by atoms with Gasteiger partial charge in [-0.2, -0.15) is 0 Å². The van der Waals surface area contributed by atoms with E-state index in [1.54, 1.807) is 0 Å². The third kappa shape index (κ3) is 17.9. The van der Waals surface area contributed by atoms with E-state index in [0.29, 0.717) is 0 Å². The van der Waals surface area contributed by atoms with Crippen LogP contribution in [-0.4, -0.2) is 45.5 Å². The van der Waals surface area contributed by atoms with Gasteiger partial charge in [0, 0.05) is 83.3 Å². The van der Waals surface area contributed by atoms with Crippen LogP contribution < -0.4 is 0 Å². The van der Waals surface area contributed by atoms with Crippen molar-refractivity contribution in [2.45, 2.75) is 0 Å². The molecule has 0 aromatic heterocycles. The zero-order valence-corrected chi connectivity index (χ0v) is 8.22. The molecule has 5 heteroatoms. The minimum absolute atomic E-state index is 0. The Morgan fingerprint density at radius 3 is 1.00 bits per heavy atom.